The molecule has 0 aliphatic carbocycles. The maximum absolute atomic E-state index is 11.7. The molecule has 6 nitrogen and oxygen atoms in total. The molecule has 0 saturated carbocycles. The normalized spacial score (nSPS) is 11.2. The van der Waals surface area contributed by atoms with Gasteiger partial charge >= 0.3 is 0 Å². The number of guanidine groups is 1. The van der Waals surface area contributed by atoms with Crippen molar-refractivity contribution in [3.8, 4) is 0 Å². The van der Waals surface area contributed by atoms with Gasteiger partial charge in [0.15, 0.2) is 5.96 Å². The summed E-state index contributed by atoms with van der Waals surface area (Å²) in [4.78, 5) is 16.2. The van der Waals surface area contributed by atoms with E-state index in [0.29, 0.717) is 12.1 Å². The summed E-state index contributed by atoms with van der Waals surface area (Å²) in [5.41, 5.74) is 1.79. The molecule has 1 aromatic carbocycles. The van der Waals surface area contributed by atoms with Crippen molar-refractivity contribution >= 4 is 11.9 Å². The lowest BCUT2D eigenvalue weighted by Crippen LogP contribution is -2.38. The van der Waals surface area contributed by atoms with Crippen molar-refractivity contribution in [2.75, 3.05) is 26.7 Å². The highest BCUT2D eigenvalue weighted by molar-refractivity contribution is 5.94. The van der Waals surface area contributed by atoms with E-state index in [2.05, 4.69) is 20.9 Å². The van der Waals surface area contributed by atoms with Crippen LogP contribution >= 0.6 is 0 Å². The topological polar surface area (TPSA) is 78.7 Å². The van der Waals surface area contributed by atoms with Gasteiger partial charge < -0.3 is 20.4 Å². The van der Waals surface area contributed by atoms with Crippen molar-refractivity contribution in [2.24, 2.45) is 4.99 Å². The molecule has 134 valence electrons. The van der Waals surface area contributed by atoms with Crippen LogP contribution in [-0.2, 0) is 12.8 Å². The van der Waals surface area contributed by atoms with Gasteiger partial charge in [-0.2, -0.15) is 0 Å². The lowest BCUT2D eigenvalue weighted by Gasteiger charge is -2.11. The summed E-state index contributed by atoms with van der Waals surface area (Å²) >= 11 is 0. The molecular formula is C19H26N4O2. The van der Waals surface area contributed by atoms with Crippen LogP contribution < -0.4 is 16.0 Å². The average Bonchev–Trinajstić information content (AvgIpc) is 3.15. The fraction of sp³-hybridized carbons (Fsp3) is 0.368. The first kappa shape index (κ1) is 18.6. The molecule has 1 aromatic heterocycles. The second-order valence-corrected chi connectivity index (χ2v) is 5.55. The summed E-state index contributed by atoms with van der Waals surface area (Å²) in [6.07, 6.45) is 3.26. The van der Waals surface area contributed by atoms with Crippen molar-refractivity contribution in [2.45, 2.75) is 19.8 Å². The standard InChI is InChI=1S/C19H26N4O2/c1-3-21-19(23-12-10-17-8-5-13-25-17)22-11-9-15-6-4-7-16(14-15)18(24)20-2/h4-8,13-14H,3,9-12H2,1-2H3,(H,20,24)(H2,21,22,23). The molecule has 0 atom stereocenters. The van der Waals surface area contributed by atoms with Gasteiger partial charge in [0.25, 0.3) is 5.91 Å². The smallest absolute Gasteiger partial charge is 0.251 e. The number of nitrogens with zero attached hydrogens (tertiary/aromatic N) is 1. The summed E-state index contributed by atoms with van der Waals surface area (Å²) in [5, 5.41) is 9.19. The number of benzene rings is 1. The summed E-state index contributed by atoms with van der Waals surface area (Å²) < 4.78 is 5.31. The molecule has 1 amide bonds. The van der Waals surface area contributed by atoms with Crippen LogP contribution in [0.2, 0.25) is 0 Å². The van der Waals surface area contributed by atoms with Gasteiger partial charge in [0.05, 0.1) is 6.26 Å². The first-order valence-electron chi connectivity index (χ1n) is 8.58. The first-order chi connectivity index (χ1) is 12.2. The van der Waals surface area contributed by atoms with Crippen LogP contribution in [0.15, 0.2) is 52.1 Å². The van der Waals surface area contributed by atoms with E-state index in [1.165, 1.54) is 0 Å². The maximum Gasteiger partial charge on any atom is 0.251 e. The third-order valence-corrected chi connectivity index (χ3v) is 3.67. The molecule has 25 heavy (non-hydrogen) atoms. The number of amides is 1. The molecule has 0 spiro atoms. The summed E-state index contributed by atoms with van der Waals surface area (Å²) in [6.45, 7) is 4.24. The molecule has 1 heterocycles. The SMILES string of the molecule is CCNC(=NCCc1ccco1)NCCc1cccc(C(=O)NC)c1. The van der Waals surface area contributed by atoms with Gasteiger partial charge in [-0.25, -0.2) is 0 Å². The number of aliphatic imine (C=N–C) groups is 1. The molecule has 0 unspecified atom stereocenters. The fourth-order valence-electron chi connectivity index (χ4n) is 2.41. The zero-order valence-electron chi connectivity index (χ0n) is 14.8. The van der Waals surface area contributed by atoms with E-state index in [-0.39, 0.29) is 5.91 Å². The number of rotatable bonds is 8. The zero-order valence-corrected chi connectivity index (χ0v) is 14.8. The molecular weight excluding hydrogens is 316 g/mol. The van der Waals surface area contributed by atoms with Crippen LogP contribution in [0.3, 0.4) is 0 Å². The van der Waals surface area contributed by atoms with Crippen molar-refractivity contribution in [1.29, 1.82) is 0 Å². The third-order valence-electron chi connectivity index (χ3n) is 3.67. The predicted molar refractivity (Wildman–Crippen MR) is 99.9 cm³/mol. The molecule has 6 heteroatoms. The average molecular weight is 342 g/mol. The Morgan fingerprint density at radius 3 is 2.76 bits per heavy atom. The fourth-order valence-corrected chi connectivity index (χ4v) is 2.41. The van der Waals surface area contributed by atoms with E-state index >= 15 is 0 Å². The van der Waals surface area contributed by atoms with E-state index < -0.39 is 0 Å². The largest absolute Gasteiger partial charge is 0.469 e. The second-order valence-electron chi connectivity index (χ2n) is 5.55. The summed E-state index contributed by atoms with van der Waals surface area (Å²) in [5.74, 6) is 1.66. The summed E-state index contributed by atoms with van der Waals surface area (Å²) in [6, 6.07) is 11.5. The van der Waals surface area contributed by atoms with E-state index in [1.807, 2.05) is 43.3 Å². The van der Waals surface area contributed by atoms with Crippen molar-refractivity contribution < 1.29 is 9.21 Å². The minimum Gasteiger partial charge on any atom is -0.469 e. The van der Waals surface area contributed by atoms with Crippen LogP contribution in [0, 0.1) is 0 Å². The van der Waals surface area contributed by atoms with Crippen molar-refractivity contribution in [3.05, 3.63) is 59.5 Å². The molecule has 3 N–H and O–H groups in total. The van der Waals surface area contributed by atoms with Gasteiger partial charge in [-0.05, 0) is 43.2 Å². The van der Waals surface area contributed by atoms with Gasteiger partial charge in [-0.3, -0.25) is 9.79 Å². The quantitative estimate of drug-likeness (QED) is 0.506. The lowest BCUT2D eigenvalue weighted by atomic mass is 10.1. The molecule has 0 aliphatic heterocycles. The minimum absolute atomic E-state index is 0.0670. The van der Waals surface area contributed by atoms with Gasteiger partial charge in [0.1, 0.15) is 5.76 Å². The second kappa shape index (κ2) is 10.2. The molecule has 2 aromatic rings. The highest BCUT2D eigenvalue weighted by atomic mass is 16.3. The molecule has 0 fully saturated rings. The lowest BCUT2D eigenvalue weighted by molar-refractivity contribution is 0.0963. The van der Waals surface area contributed by atoms with E-state index in [4.69, 9.17) is 4.42 Å². The third kappa shape index (κ3) is 6.33. The Bertz CT molecular complexity index is 680. The van der Waals surface area contributed by atoms with Crippen molar-refractivity contribution in [1.82, 2.24) is 16.0 Å². The Kier molecular flexibility index (Phi) is 7.56. The molecule has 0 aliphatic rings. The van der Waals surface area contributed by atoms with Gasteiger partial charge in [0, 0.05) is 38.7 Å². The number of hydrogen-bond acceptors (Lipinski definition) is 3. The molecule has 2 rings (SSSR count). The van der Waals surface area contributed by atoms with Crippen LogP contribution in [0.1, 0.15) is 28.6 Å². The molecule has 0 bridgehead atoms. The van der Waals surface area contributed by atoms with Crippen molar-refractivity contribution in [3.63, 3.8) is 0 Å². The Balaban J connectivity index is 1.83. The molecule has 0 radical (unpaired) electrons. The van der Waals surface area contributed by atoms with Gasteiger partial charge in [-0.1, -0.05) is 12.1 Å². The number of furan rings is 1. The predicted octanol–water partition coefficient (Wildman–Crippen LogP) is 1.98. The molecule has 0 saturated heterocycles. The van der Waals surface area contributed by atoms with Crippen LogP contribution in [0.4, 0.5) is 0 Å². The number of carbonyl (C=O) groups excluding carboxylic acids is 1. The highest BCUT2D eigenvalue weighted by Crippen LogP contribution is 2.05. The Hall–Kier alpha value is -2.76. The number of hydrogen-bond donors (Lipinski definition) is 3. The Morgan fingerprint density at radius 2 is 2.04 bits per heavy atom. The van der Waals surface area contributed by atoms with Gasteiger partial charge in [-0.15, -0.1) is 0 Å². The zero-order chi connectivity index (χ0) is 17.9. The Morgan fingerprint density at radius 1 is 1.16 bits per heavy atom. The number of nitrogens with one attached hydrogen (secondary N) is 3. The highest BCUT2D eigenvalue weighted by Gasteiger charge is 2.04. The first-order valence-corrected chi connectivity index (χ1v) is 8.58. The monoisotopic (exact) mass is 342 g/mol. The van der Waals surface area contributed by atoms with E-state index in [0.717, 1.165) is 43.2 Å². The Labute approximate surface area is 148 Å². The van der Waals surface area contributed by atoms with Crippen LogP contribution in [0.5, 0.6) is 0 Å². The van der Waals surface area contributed by atoms with Crippen LogP contribution in [-0.4, -0.2) is 38.5 Å². The van der Waals surface area contributed by atoms with E-state index in [1.54, 1.807) is 13.3 Å². The minimum atomic E-state index is -0.0670. The van der Waals surface area contributed by atoms with Crippen LogP contribution in [0.25, 0.3) is 0 Å². The van der Waals surface area contributed by atoms with E-state index in [9.17, 15) is 4.79 Å². The number of carbonyl (C=O) groups is 1. The maximum atomic E-state index is 11.7. The van der Waals surface area contributed by atoms with Gasteiger partial charge in [0.2, 0.25) is 0 Å². The summed E-state index contributed by atoms with van der Waals surface area (Å²) in [7, 11) is 1.64.